The maximum atomic E-state index is 11.0. The molecule has 0 aliphatic rings. The Morgan fingerprint density at radius 2 is 2.00 bits per heavy atom. The number of nitrogens with one attached hydrogen (secondary N) is 1. The van der Waals surface area contributed by atoms with Crippen molar-refractivity contribution in [2.45, 2.75) is 13.8 Å². The summed E-state index contributed by atoms with van der Waals surface area (Å²) < 4.78 is 0. The third kappa shape index (κ3) is 3.92. The van der Waals surface area contributed by atoms with Crippen molar-refractivity contribution in [1.29, 1.82) is 0 Å². The minimum absolute atomic E-state index is 0.166. The molecule has 1 amide bonds. The van der Waals surface area contributed by atoms with Gasteiger partial charge in [0.15, 0.2) is 0 Å². The average Bonchev–Trinajstić information content (AvgIpc) is 2.21. The van der Waals surface area contributed by atoms with Gasteiger partial charge in [0.2, 0.25) is 5.91 Å². The number of hydrogen-bond acceptors (Lipinski definition) is 2. The highest BCUT2D eigenvalue weighted by molar-refractivity contribution is 6.30. The molecule has 90 valence electrons. The summed E-state index contributed by atoms with van der Waals surface area (Å²) in [6.45, 7) is 2.85. The molecule has 0 aromatic heterocycles. The number of carbonyl (C=O) groups is 2. The van der Waals surface area contributed by atoms with Crippen LogP contribution in [0.5, 0.6) is 0 Å². The first-order valence-corrected chi connectivity index (χ1v) is 5.26. The van der Waals surface area contributed by atoms with Crippen molar-refractivity contribution in [1.82, 2.24) is 0 Å². The molecular formula is C12H12ClNO3. The Balaban J connectivity index is 3.20. The molecule has 0 heterocycles. The van der Waals surface area contributed by atoms with Gasteiger partial charge in [0.25, 0.3) is 0 Å². The summed E-state index contributed by atoms with van der Waals surface area (Å²) in [5, 5.41) is 11.9. The number of hydrogen-bond donors (Lipinski definition) is 2. The first-order valence-electron chi connectivity index (χ1n) is 4.89. The van der Waals surface area contributed by atoms with Gasteiger partial charge >= 0.3 is 5.97 Å². The Hall–Kier alpha value is -1.81. The molecule has 1 rings (SSSR count). The summed E-state index contributed by atoms with van der Waals surface area (Å²) in [5.74, 6) is -1.24. The molecular weight excluding hydrogens is 242 g/mol. The number of halogens is 1. The molecule has 0 radical (unpaired) electrons. The van der Waals surface area contributed by atoms with Crippen molar-refractivity contribution >= 4 is 35.2 Å². The summed E-state index contributed by atoms with van der Waals surface area (Å²) in [4.78, 5) is 21.7. The molecule has 0 saturated carbocycles. The second-order valence-corrected chi connectivity index (χ2v) is 3.98. The first kappa shape index (κ1) is 13.3. The molecule has 0 spiro atoms. The monoisotopic (exact) mass is 253 g/mol. The van der Waals surface area contributed by atoms with Crippen molar-refractivity contribution in [3.05, 3.63) is 34.4 Å². The highest BCUT2D eigenvalue weighted by Crippen LogP contribution is 2.23. The minimum Gasteiger partial charge on any atom is -0.478 e. The van der Waals surface area contributed by atoms with E-state index in [-0.39, 0.29) is 11.5 Å². The molecule has 0 saturated heterocycles. The summed E-state index contributed by atoms with van der Waals surface area (Å²) in [5.41, 5.74) is 1.26. The van der Waals surface area contributed by atoms with E-state index in [0.717, 1.165) is 0 Å². The van der Waals surface area contributed by atoms with Crippen molar-refractivity contribution in [3.63, 3.8) is 0 Å². The smallest absolute Gasteiger partial charge is 0.331 e. The molecule has 1 aromatic rings. The molecule has 0 aliphatic heterocycles. The molecule has 1 aromatic carbocycles. The van der Waals surface area contributed by atoms with E-state index in [0.29, 0.717) is 16.3 Å². The summed E-state index contributed by atoms with van der Waals surface area (Å²) in [6, 6.07) is 4.85. The van der Waals surface area contributed by atoms with Crippen LogP contribution < -0.4 is 5.32 Å². The van der Waals surface area contributed by atoms with Crippen LogP contribution in [-0.2, 0) is 9.59 Å². The Labute approximate surface area is 104 Å². The maximum absolute atomic E-state index is 11.0. The number of carboxylic acid groups (broad SMARTS) is 1. The van der Waals surface area contributed by atoms with Crippen LogP contribution in [0, 0.1) is 0 Å². The molecule has 0 unspecified atom stereocenters. The fourth-order valence-corrected chi connectivity index (χ4v) is 1.43. The van der Waals surface area contributed by atoms with E-state index in [1.807, 2.05) is 0 Å². The van der Waals surface area contributed by atoms with Crippen LogP contribution in [0.3, 0.4) is 0 Å². The van der Waals surface area contributed by atoms with Crippen LogP contribution >= 0.6 is 11.6 Å². The molecule has 17 heavy (non-hydrogen) atoms. The van der Waals surface area contributed by atoms with Crippen molar-refractivity contribution in [3.8, 4) is 0 Å². The van der Waals surface area contributed by atoms with Crippen LogP contribution in [0.1, 0.15) is 19.4 Å². The Bertz CT molecular complexity index is 495. The van der Waals surface area contributed by atoms with Gasteiger partial charge in [-0.2, -0.15) is 0 Å². The van der Waals surface area contributed by atoms with Gasteiger partial charge in [-0.25, -0.2) is 4.79 Å². The summed E-state index contributed by atoms with van der Waals surface area (Å²) in [7, 11) is 0. The lowest BCUT2D eigenvalue weighted by atomic mass is 10.1. The third-order valence-electron chi connectivity index (χ3n) is 2.03. The Morgan fingerprint density at radius 1 is 1.35 bits per heavy atom. The summed E-state index contributed by atoms with van der Waals surface area (Å²) in [6.07, 6.45) is 1.46. The van der Waals surface area contributed by atoms with Gasteiger partial charge in [-0.3, -0.25) is 4.79 Å². The number of benzene rings is 1. The first-order chi connectivity index (χ1) is 7.90. The zero-order valence-electron chi connectivity index (χ0n) is 9.45. The lowest BCUT2D eigenvalue weighted by Gasteiger charge is -2.07. The molecule has 0 bridgehead atoms. The molecule has 0 atom stereocenters. The van der Waals surface area contributed by atoms with Crippen LogP contribution in [0.2, 0.25) is 5.02 Å². The van der Waals surface area contributed by atoms with Gasteiger partial charge in [0.05, 0.1) is 0 Å². The Morgan fingerprint density at radius 3 is 2.53 bits per heavy atom. The van der Waals surface area contributed by atoms with Gasteiger partial charge < -0.3 is 10.4 Å². The number of amides is 1. The standard InChI is InChI=1S/C12H12ClNO3/c1-7(12(16)17)5-9-6-10(13)3-4-11(9)14-8(2)15/h3-6H,1-2H3,(H,14,15)(H,16,17). The number of carboxylic acids is 1. The fraction of sp³-hybridized carbons (Fsp3) is 0.167. The molecule has 2 N–H and O–H groups in total. The SMILES string of the molecule is CC(=O)Nc1ccc(Cl)cc1C=C(C)C(=O)O. The highest BCUT2D eigenvalue weighted by atomic mass is 35.5. The number of rotatable bonds is 3. The van der Waals surface area contributed by atoms with E-state index in [2.05, 4.69) is 5.32 Å². The molecule has 5 heteroatoms. The second kappa shape index (κ2) is 5.50. The normalized spacial score (nSPS) is 11.1. The predicted octanol–water partition coefficient (Wildman–Crippen LogP) is 2.79. The quantitative estimate of drug-likeness (QED) is 0.814. The largest absolute Gasteiger partial charge is 0.478 e. The zero-order chi connectivity index (χ0) is 13.0. The second-order valence-electron chi connectivity index (χ2n) is 3.55. The number of aliphatic carboxylic acids is 1. The van der Waals surface area contributed by atoms with Gasteiger partial charge in [-0.05, 0) is 31.2 Å². The van der Waals surface area contributed by atoms with Crippen molar-refractivity contribution in [2.24, 2.45) is 0 Å². The predicted molar refractivity (Wildman–Crippen MR) is 67.0 cm³/mol. The van der Waals surface area contributed by atoms with Crippen LogP contribution in [-0.4, -0.2) is 17.0 Å². The maximum Gasteiger partial charge on any atom is 0.331 e. The van der Waals surface area contributed by atoms with Gasteiger partial charge in [-0.1, -0.05) is 11.6 Å². The molecule has 0 fully saturated rings. The van der Waals surface area contributed by atoms with E-state index in [1.54, 1.807) is 18.2 Å². The molecule has 0 aliphatic carbocycles. The van der Waals surface area contributed by atoms with E-state index < -0.39 is 5.97 Å². The lowest BCUT2D eigenvalue weighted by molar-refractivity contribution is -0.132. The Kier molecular flexibility index (Phi) is 4.29. The fourth-order valence-electron chi connectivity index (χ4n) is 1.25. The van der Waals surface area contributed by atoms with E-state index in [9.17, 15) is 9.59 Å². The summed E-state index contributed by atoms with van der Waals surface area (Å²) >= 11 is 5.83. The van der Waals surface area contributed by atoms with Gasteiger partial charge in [-0.15, -0.1) is 0 Å². The van der Waals surface area contributed by atoms with Crippen LogP contribution in [0.25, 0.3) is 6.08 Å². The third-order valence-corrected chi connectivity index (χ3v) is 2.27. The van der Waals surface area contributed by atoms with Gasteiger partial charge in [0.1, 0.15) is 0 Å². The average molecular weight is 254 g/mol. The number of carbonyl (C=O) groups excluding carboxylic acids is 1. The highest BCUT2D eigenvalue weighted by Gasteiger charge is 2.06. The minimum atomic E-state index is -1.02. The lowest BCUT2D eigenvalue weighted by Crippen LogP contribution is -2.07. The van der Waals surface area contributed by atoms with Gasteiger partial charge in [0, 0.05) is 28.8 Å². The van der Waals surface area contributed by atoms with E-state index in [1.165, 1.54) is 19.9 Å². The number of anilines is 1. The van der Waals surface area contributed by atoms with Crippen LogP contribution in [0.4, 0.5) is 5.69 Å². The zero-order valence-corrected chi connectivity index (χ0v) is 10.2. The van der Waals surface area contributed by atoms with E-state index >= 15 is 0 Å². The molecule has 4 nitrogen and oxygen atoms in total. The van der Waals surface area contributed by atoms with Crippen molar-refractivity contribution < 1.29 is 14.7 Å². The topological polar surface area (TPSA) is 66.4 Å². The van der Waals surface area contributed by atoms with E-state index in [4.69, 9.17) is 16.7 Å². The van der Waals surface area contributed by atoms with Crippen LogP contribution in [0.15, 0.2) is 23.8 Å². The van der Waals surface area contributed by atoms with Crippen molar-refractivity contribution in [2.75, 3.05) is 5.32 Å².